The van der Waals surface area contributed by atoms with Gasteiger partial charge < -0.3 is 10.6 Å². The molecule has 0 fully saturated rings. The lowest BCUT2D eigenvalue weighted by atomic mass is 10.4. The van der Waals surface area contributed by atoms with Gasteiger partial charge in [-0.1, -0.05) is 0 Å². The molecule has 0 spiro atoms. The molecule has 14 heavy (non-hydrogen) atoms. The van der Waals surface area contributed by atoms with Crippen LogP contribution in [0, 0.1) is 0 Å². The van der Waals surface area contributed by atoms with Gasteiger partial charge in [0.25, 0.3) is 5.91 Å². The standard InChI is InChI=1S/C8H10N4O2/c1-9-7(13)5-12-8(14)6-4-10-2-3-11-6/h2-4H,5H2,1H3,(H,9,13)(H,12,14). The molecule has 0 aliphatic carbocycles. The lowest BCUT2D eigenvalue weighted by Gasteiger charge is -2.02. The third-order valence-electron chi connectivity index (χ3n) is 1.48. The van der Waals surface area contributed by atoms with Gasteiger partial charge in [0.05, 0.1) is 12.7 Å². The van der Waals surface area contributed by atoms with E-state index in [2.05, 4.69) is 20.6 Å². The van der Waals surface area contributed by atoms with Crippen LogP contribution in [-0.4, -0.2) is 35.4 Å². The van der Waals surface area contributed by atoms with Gasteiger partial charge in [0.2, 0.25) is 5.91 Å². The number of nitrogens with zero attached hydrogens (tertiary/aromatic N) is 2. The third kappa shape index (κ3) is 2.81. The van der Waals surface area contributed by atoms with Crippen LogP contribution < -0.4 is 10.6 Å². The number of hydrogen-bond acceptors (Lipinski definition) is 4. The minimum atomic E-state index is -0.415. The Kier molecular flexibility index (Phi) is 3.54. The van der Waals surface area contributed by atoms with Crippen LogP contribution in [0.5, 0.6) is 0 Å². The Hall–Kier alpha value is -1.98. The SMILES string of the molecule is CNC(=O)CNC(=O)c1cnccn1. The number of likely N-dealkylation sites (N-methyl/N-ethyl adjacent to an activating group) is 1. The fourth-order valence-electron chi connectivity index (χ4n) is 0.756. The molecule has 0 unspecified atom stereocenters. The van der Waals surface area contributed by atoms with Crippen LogP contribution in [-0.2, 0) is 4.79 Å². The Balaban J connectivity index is 2.48. The van der Waals surface area contributed by atoms with Crippen molar-refractivity contribution in [3.63, 3.8) is 0 Å². The van der Waals surface area contributed by atoms with Crippen LogP contribution in [0.25, 0.3) is 0 Å². The Morgan fingerprint density at radius 1 is 1.43 bits per heavy atom. The lowest BCUT2D eigenvalue weighted by molar-refractivity contribution is -0.119. The second-order valence-corrected chi connectivity index (χ2v) is 2.45. The maximum atomic E-state index is 11.3. The molecule has 1 aromatic rings. The summed E-state index contributed by atoms with van der Waals surface area (Å²) in [5.74, 6) is -0.677. The van der Waals surface area contributed by atoms with Gasteiger partial charge in [-0.15, -0.1) is 0 Å². The molecule has 6 heteroatoms. The van der Waals surface area contributed by atoms with Crippen molar-refractivity contribution < 1.29 is 9.59 Å². The molecule has 2 amide bonds. The van der Waals surface area contributed by atoms with E-state index in [1.165, 1.54) is 25.6 Å². The zero-order valence-corrected chi connectivity index (χ0v) is 7.65. The van der Waals surface area contributed by atoms with Crippen LogP contribution in [0.4, 0.5) is 0 Å². The van der Waals surface area contributed by atoms with Gasteiger partial charge in [-0.3, -0.25) is 14.6 Å². The summed E-state index contributed by atoms with van der Waals surface area (Å²) in [5.41, 5.74) is 0.191. The quantitative estimate of drug-likeness (QED) is 0.643. The molecule has 1 rings (SSSR count). The molecule has 2 N–H and O–H groups in total. The van der Waals surface area contributed by atoms with Gasteiger partial charge in [-0.2, -0.15) is 0 Å². The summed E-state index contributed by atoms with van der Waals surface area (Å²) in [5, 5.41) is 4.78. The Morgan fingerprint density at radius 2 is 2.21 bits per heavy atom. The second kappa shape index (κ2) is 4.90. The average molecular weight is 194 g/mol. The fourth-order valence-corrected chi connectivity index (χ4v) is 0.756. The molecule has 6 nitrogen and oxygen atoms in total. The molecule has 0 bridgehead atoms. The summed E-state index contributed by atoms with van der Waals surface area (Å²) in [6.07, 6.45) is 4.21. The summed E-state index contributed by atoms with van der Waals surface area (Å²) < 4.78 is 0. The highest BCUT2D eigenvalue weighted by Crippen LogP contribution is 1.88. The van der Waals surface area contributed by atoms with Gasteiger partial charge in [0, 0.05) is 19.4 Å². The summed E-state index contributed by atoms with van der Waals surface area (Å²) >= 11 is 0. The molecule has 0 aromatic carbocycles. The summed E-state index contributed by atoms with van der Waals surface area (Å²) in [4.78, 5) is 29.6. The molecular weight excluding hydrogens is 184 g/mol. The van der Waals surface area contributed by atoms with Crippen molar-refractivity contribution in [1.82, 2.24) is 20.6 Å². The van der Waals surface area contributed by atoms with Gasteiger partial charge in [0.1, 0.15) is 5.69 Å². The van der Waals surface area contributed by atoms with Crippen molar-refractivity contribution >= 4 is 11.8 Å². The average Bonchev–Trinajstić information content (AvgIpc) is 2.26. The molecule has 74 valence electrons. The summed E-state index contributed by atoms with van der Waals surface area (Å²) in [6, 6.07) is 0. The number of amides is 2. The zero-order chi connectivity index (χ0) is 10.4. The van der Waals surface area contributed by atoms with E-state index < -0.39 is 5.91 Å². The second-order valence-electron chi connectivity index (χ2n) is 2.45. The largest absolute Gasteiger partial charge is 0.358 e. The molecule has 0 aliphatic heterocycles. The van der Waals surface area contributed by atoms with Crippen LogP contribution >= 0.6 is 0 Å². The highest BCUT2D eigenvalue weighted by atomic mass is 16.2. The predicted octanol–water partition coefficient (Wildman–Crippen LogP) is -1.05. The van der Waals surface area contributed by atoms with E-state index in [-0.39, 0.29) is 18.1 Å². The van der Waals surface area contributed by atoms with Crippen molar-refractivity contribution in [2.24, 2.45) is 0 Å². The van der Waals surface area contributed by atoms with Crippen molar-refractivity contribution in [3.05, 3.63) is 24.3 Å². The first-order chi connectivity index (χ1) is 6.74. The molecular formula is C8H10N4O2. The predicted molar refractivity (Wildman–Crippen MR) is 48.4 cm³/mol. The van der Waals surface area contributed by atoms with E-state index in [1.807, 2.05) is 0 Å². The molecule has 0 aliphatic rings. The van der Waals surface area contributed by atoms with Crippen LogP contribution in [0.1, 0.15) is 10.5 Å². The van der Waals surface area contributed by atoms with Gasteiger partial charge in [0.15, 0.2) is 0 Å². The molecule has 1 aromatic heterocycles. The van der Waals surface area contributed by atoms with Crippen molar-refractivity contribution in [1.29, 1.82) is 0 Å². The third-order valence-corrected chi connectivity index (χ3v) is 1.48. The monoisotopic (exact) mass is 194 g/mol. The minimum absolute atomic E-state index is 0.0636. The topological polar surface area (TPSA) is 84.0 Å². The fraction of sp³-hybridized carbons (Fsp3) is 0.250. The van der Waals surface area contributed by atoms with E-state index in [1.54, 1.807) is 0 Å². The molecule has 0 saturated carbocycles. The number of carbonyl (C=O) groups excluding carboxylic acids is 2. The van der Waals surface area contributed by atoms with Crippen LogP contribution in [0.3, 0.4) is 0 Å². The van der Waals surface area contributed by atoms with Crippen LogP contribution in [0.15, 0.2) is 18.6 Å². The maximum absolute atomic E-state index is 11.3. The summed E-state index contributed by atoms with van der Waals surface area (Å²) in [7, 11) is 1.50. The van der Waals surface area contributed by atoms with Crippen molar-refractivity contribution in [3.8, 4) is 0 Å². The van der Waals surface area contributed by atoms with E-state index >= 15 is 0 Å². The van der Waals surface area contributed by atoms with E-state index in [0.29, 0.717) is 0 Å². The molecule has 0 radical (unpaired) electrons. The van der Waals surface area contributed by atoms with Gasteiger partial charge in [-0.05, 0) is 0 Å². The number of rotatable bonds is 3. The van der Waals surface area contributed by atoms with E-state index in [4.69, 9.17) is 0 Å². The normalized spacial score (nSPS) is 9.21. The zero-order valence-electron chi connectivity index (χ0n) is 7.65. The molecule has 0 atom stereocenters. The van der Waals surface area contributed by atoms with Crippen molar-refractivity contribution in [2.75, 3.05) is 13.6 Å². The first-order valence-electron chi connectivity index (χ1n) is 3.99. The molecule has 1 heterocycles. The first-order valence-corrected chi connectivity index (χ1v) is 3.99. The first kappa shape index (κ1) is 10.1. The number of aromatic nitrogens is 2. The van der Waals surface area contributed by atoms with Crippen LogP contribution in [0.2, 0.25) is 0 Å². The highest BCUT2D eigenvalue weighted by Gasteiger charge is 2.07. The van der Waals surface area contributed by atoms with Gasteiger partial charge in [-0.25, -0.2) is 4.98 Å². The number of nitrogens with one attached hydrogen (secondary N) is 2. The smallest absolute Gasteiger partial charge is 0.271 e. The number of hydrogen-bond donors (Lipinski definition) is 2. The molecule has 0 saturated heterocycles. The Labute approximate surface area is 80.8 Å². The highest BCUT2D eigenvalue weighted by molar-refractivity contribution is 5.94. The minimum Gasteiger partial charge on any atom is -0.358 e. The van der Waals surface area contributed by atoms with E-state index in [0.717, 1.165) is 0 Å². The lowest BCUT2D eigenvalue weighted by Crippen LogP contribution is -2.35. The van der Waals surface area contributed by atoms with Crippen molar-refractivity contribution in [2.45, 2.75) is 0 Å². The maximum Gasteiger partial charge on any atom is 0.271 e. The van der Waals surface area contributed by atoms with Gasteiger partial charge >= 0.3 is 0 Å². The summed E-state index contributed by atoms with van der Waals surface area (Å²) in [6.45, 7) is -0.0636. The number of carbonyl (C=O) groups is 2. The Morgan fingerprint density at radius 3 is 2.79 bits per heavy atom. The van der Waals surface area contributed by atoms with E-state index in [9.17, 15) is 9.59 Å². The Bertz CT molecular complexity index is 325.